The highest BCUT2D eigenvalue weighted by Crippen LogP contribution is 2.32. The highest BCUT2D eigenvalue weighted by Gasteiger charge is 2.35. The lowest BCUT2D eigenvalue weighted by Gasteiger charge is -2.11. The lowest BCUT2D eigenvalue weighted by molar-refractivity contribution is -0.123. The normalized spacial score (nSPS) is 19.3. The molecule has 3 rings (SSSR count). The van der Waals surface area contributed by atoms with Crippen LogP contribution in [0.2, 0.25) is 0 Å². The van der Waals surface area contributed by atoms with Crippen LogP contribution in [0.25, 0.3) is 10.2 Å². The molecule has 1 saturated heterocycles. The molecule has 19 heavy (non-hydrogen) atoms. The van der Waals surface area contributed by atoms with Crippen molar-refractivity contribution in [1.82, 2.24) is 4.98 Å². The molecule has 2 amide bonds. The van der Waals surface area contributed by atoms with Gasteiger partial charge in [0.2, 0.25) is 11.8 Å². The minimum absolute atomic E-state index is 0.111. The zero-order valence-electron chi connectivity index (χ0n) is 9.80. The Labute approximate surface area is 111 Å². The Hall–Kier alpha value is -2.02. The van der Waals surface area contributed by atoms with E-state index in [1.54, 1.807) is 6.07 Å². The molecule has 0 spiro atoms. The summed E-state index contributed by atoms with van der Waals surface area (Å²) in [5, 5.41) is 0.481. The molecule has 5 nitrogen and oxygen atoms in total. The van der Waals surface area contributed by atoms with Crippen molar-refractivity contribution in [2.75, 3.05) is 11.4 Å². The maximum Gasteiger partial charge on any atom is 0.229 e. The monoisotopic (exact) mass is 279 g/mol. The Morgan fingerprint density at radius 1 is 1.53 bits per heavy atom. The summed E-state index contributed by atoms with van der Waals surface area (Å²) in [4.78, 5) is 28.7. The van der Waals surface area contributed by atoms with Crippen LogP contribution in [0.4, 0.5) is 9.52 Å². The topological polar surface area (TPSA) is 76.3 Å². The summed E-state index contributed by atoms with van der Waals surface area (Å²) in [6, 6.07) is 4.27. The molecule has 7 heteroatoms. The van der Waals surface area contributed by atoms with Gasteiger partial charge in [-0.2, -0.15) is 0 Å². The Balaban J connectivity index is 1.96. The molecule has 0 aliphatic carbocycles. The van der Waals surface area contributed by atoms with Crippen LogP contribution < -0.4 is 10.6 Å². The summed E-state index contributed by atoms with van der Waals surface area (Å²) in [5.74, 6) is -1.48. The number of carbonyl (C=O) groups excluding carboxylic acids is 2. The van der Waals surface area contributed by atoms with Crippen molar-refractivity contribution in [3.8, 4) is 0 Å². The van der Waals surface area contributed by atoms with Gasteiger partial charge in [0.1, 0.15) is 5.82 Å². The van der Waals surface area contributed by atoms with Gasteiger partial charge in [-0.15, -0.1) is 0 Å². The molecule has 1 unspecified atom stereocenters. The number of anilines is 1. The molecule has 98 valence electrons. The van der Waals surface area contributed by atoms with E-state index in [0.29, 0.717) is 15.3 Å². The van der Waals surface area contributed by atoms with Crippen LogP contribution in [-0.4, -0.2) is 23.3 Å². The van der Waals surface area contributed by atoms with Crippen LogP contribution in [0.1, 0.15) is 6.42 Å². The van der Waals surface area contributed by atoms with E-state index in [9.17, 15) is 14.0 Å². The fraction of sp³-hybridized carbons (Fsp3) is 0.250. The zero-order valence-corrected chi connectivity index (χ0v) is 10.6. The van der Waals surface area contributed by atoms with Crippen LogP contribution >= 0.6 is 11.3 Å². The van der Waals surface area contributed by atoms with Crippen LogP contribution in [0.3, 0.4) is 0 Å². The third-order valence-electron chi connectivity index (χ3n) is 3.10. The number of nitrogens with zero attached hydrogens (tertiary/aromatic N) is 2. The third kappa shape index (κ3) is 2.06. The van der Waals surface area contributed by atoms with E-state index in [1.807, 2.05) is 0 Å². The number of amides is 2. The second-order valence-electron chi connectivity index (χ2n) is 4.42. The van der Waals surface area contributed by atoms with Crippen LogP contribution in [0.5, 0.6) is 0 Å². The summed E-state index contributed by atoms with van der Waals surface area (Å²) in [6.45, 7) is 0.246. The van der Waals surface area contributed by atoms with Crippen molar-refractivity contribution in [2.24, 2.45) is 11.7 Å². The van der Waals surface area contributed by atoms with Crippen molar-refractivity contribution < 1.29 is 14.0 Å². The Morgan fingerprint density at radius 2 is 2.32 bits per heavy atom. The molecule has 2 N–H and O–H groups in total. The van der Waals surface area contributed by atoms with E-state index < -0.39 is 11.8 Å². The van der Waals surface area contributed by atoms with Gasteiger partial charge in [0.05, 0.1) is 16.1 Å². The molecule has 0 saturated carbocycles. The molecule has 1 atom stereocenters. The van der Waals surface area contributed by atoms with Gasteiger partial charge in [-0.05, 0) is 18.2 Å². The van der Waals surface area contributed by atoms with Gasteiger partial charge in [-0.25, -0.2) is 9.37 Å². The van der Waals surface area contributed by atoms with E-state index >= 15 is 0 Å². The van der Waals surface area contributed by atoms with Gasteiger partial charge in [0.25, 0.3) is 0 Å². The standard InChI is InChI=1S/C12H10FN3O2S/c13-7-1-2-8-9(4-7)19-12(15-8)16-5-6(11(14)18)3-10(16)17/h1-2,4,6H,3,5H2,(H2,14,18). The number of hydrogen-bond donors (Lipinski definition) is 1. The van der Waals surface area contributed by atoms with Gasteiger partial charge in [0, 0.05) is 13.0 Å². The number of fused-ring (bicyclic) bond motifs is 1. The van der Waals surface area contributed by atoms with E-state index in [1.165, 1.54) is 28.4 Å². The summed E-state index contributed by atoms with van der Waals surface area (Å²) >= 11 is 1.23. The molecule has 2 heterocycles. The summed E-state index contributed by atoms with van der Waals surface area (Å²) in [7, 11) is 0. The number of aromatic nitrogens is 1. The van der Waals surface area contributed by atoms with Crippen molar-refractivity contribution in [2.45, 2.75) is 6.42 Å². The first-order valence-corrected chi connectivity index (χ1v) is 6.52. The minimum atomic E-state index is -0.483. The van der Waals surface area contributed by atoms with Gasteiger partial charge in [0.15, 0.2) is 5.13 Å². The zero-order chi connectivity index (χ0) is 13.6. The maximum absolute atomic E-state index is 13.1. The van der Waals surface area contributed by atoms with E-state index in [2.05, 4.69) is 4.98 Å². The average molecular weight is 279 g/mol. The Morgan fingerprint density at radius 3 is 3.00 bits per heavy atom. The minimum Gasteiger partial charge on any atom is -0.369 e. The number of thiazole rings is 1. The summed E-state index contributed by atoms with van der Waals surface area (Å²) in [5.41, 5.74) is 5.85. The molecule has 1 fully saturated rings. The SMILES string of the molecule is NC(=O)C1CC(=O)N(c2nc3ccc(F)cc3s2)C1. The van der Waals surface area contributed by atoms with Crippen LogP contribution in [0.15, 0.2) is 18.2 Å². The Kier molecular flexibility index (Phi) is 2.70. The number of halogens is 1. The predicted octanol–water partition coefficient (Wildman–Crippen LogP) is 1.27. The van der Waals surface area contributed by atoms with E-state index in [0.717, 1.165) is 0 Å². The molecule has 1 aromatic heterocycles. The predicted molar refractivity (Wildman–Crippen MR) is 69.2 cm³/mol. The molecule has 1 aromatic carbocycles. The van der Waals surface area contributed by atoms with E-state index in [-0.39, 0.29) is 24.7 Å². The summed E-state index contributed by atoms with van der Waals surface area (Å²) in [6.07, 6.45) is 0.111. The Bertz CT molecular complexity index is 685. The van der Waals surface area contributed by atoms with Crippen molar-refractivity contribution in [3.05, 3.63) is 24.0 Å². The van der Waals surface area contributed by atoms with Gasteiger partial charge < -0.3 is 5.73 Å². The van der Waals surface area contributed by atoms with Gasteiger partial charge in [-0.3, -0.25) is 14.5 Å². The fourth-order valence-corrected chi connectivity index (χ4v) is 3.10. The lowest BCUT2D eigenvalue weighted by Crippen LogP contribution is -2.28. The largest absolute Gasteiger partial charge is 0.369 e. The van der Waals surface area contributed by atoms with Crippen LogP contribution in [0, 0.1) is 11.7 Å². The molecule has 0 radical (unpaired) electrons. The maximum atomic E-state index is 13.1. The number of nitrogens with two attached hydrogens (primary N) is 1. The molecule has 1 aliphatic heterocycles. The van der Waals surface area contributed by atoms with Crippen LogP contribution in [-0.2, 0) is 9.59 Å². The first-order valence-electron chi connectivity index (χ1n) is 5.70. The highest BCUT2D eigenvalue weighted by molar-refractivity contribution is 7.22. The molecular formula is C12H10FN3O2S. The molecule has 2 aromatic rings. The van der Waals surface area contributed by atoms with Gasteiger partial charge >= 0.3 is 0 Å². The highest BCUT2D eigenvalue weighted by atomic mass is 32.1. The summed E-state index contributed by atoms with van der Waals surface area (Å²) < 4.78 is 13.8. The first-order chi connectivity index (χ1) is 9.04. The number of hydrogen-bond acceptors (Lipinski definition) is 4. The smallest absolute Gasteiger partial charge is 0.229 e. The van der Waals surface area contributed by atoms with Gasteiger partial charge in [-0.1, -0.05) is 11.3 Å². The molecule has 1 aliphatic rings. The van der Waals surface area contributed by atoms with Crippen molar-refractivity contribution >= 4 is 38.5 Å². The molecular weight excluding hydrogens is 269 g/mol. The lowest BCUT2D eigenvalue weighted by atomic mass is 10.1. The third-order valence-corrected chi connectivity index (χ3v) is 4.14. The van der Waals surface area contributed by atoms with Crippen molar-refractivity contribution in [1.29, 1.82) is 0 Å². The average Bonchev–Trinajstić information content (AvgIpc) is 2.91. The van der Waals surface area contributed by atoms with Crippen molar-refractivity contribution in [3.63, 3.8) is 0 Å². The second-order valence-corrected chi connectivity index (χ2v) is 5.43. The number of carbonyl (C=O) groups is 2. The number of benzene rings is 1. The number of rotatable bonds is 2. The second kappa shape index (κ2) is 4.27. The fourth-order valence-electron chi connectivity index (χ4n) is 2.08. The number of primary amides is 1. The molecule has 0 bridgehead atoms. The van der Waals surface area contributed by atoms with E-state index in [4.69, 9.17) is 5.73 Å². The first kappa shape index (κ1) is 12.0. The quantitative estimate of drug-likeness (QED) is 0.899.